The molecule has 0 spiro atoms. The molecule has 1 saturated heterocycles. The van der Waals surface area contributed by atoms with Gasteiger partial charge in [0.2, 0.25) is 0 Å². The number of rotatable bonds is 43. The molecule has 5 rings (SSSR count). The summed E-state index contributed by atoms with van der Waals surface area (Å²) < 4.78 is 34.4. The largest absolute Gasteiger partial charge is 0.466 e. The highest BCUT2D eigenvalue weighted by Crippen LogP contribution is 2.61. The van der Waals surface area contributed by atoms with Crippen LogP contribution in [0.15, 0.2) is 0 Å². The van der Waals surface area contributed by atoms with Crippen LogP contribution in [0.25, 0.3) is 0 Å². The molecule has 1 heterocycles. The normalized spacial score (nSPS) is 20.3. The van der Waals surface area contributed by atoms with Gasteiger partial charge in [0.1, 0.15) is 31.8 Å². The molecule has 5 aliphatic rings. The molecule has 5 fully saturated rings. The van der Waals surface area contributed by atoms with Crippen molar-refractivity contribution in [1.29, 1.82) is 0 Å². The molecule has 14 heteroatoms. The van der Waals surface area contributed by atoms with Gasteiger partial charge in [-0.2, -0.15) is 0 Å². The predicted molar refractivity (Wildman–Crippen MR) is 279 cm³/mol. The average molecular weight is 1020 g/mol. The lowest BCUT2D eigenvalue weighted by molar-refractivity contribution is -0.168. The Labute approximate surface area is 434 Å². The third kappa shape index (κ3) is 26.7. The number of carbonyl (C=O) groups excluding carboxylic acids is 6. The minimum atomic E-state index is -1.35. The second-order valence-electron chi connectivity index (χ2n) is 22.6. The van der Waals surface area contributed by atoms with E-state index in [-0.39, 0.29) is 62.6 Å². The van der Waals surface area contributed by atoms with Crippen molar-refractivity contribution >= 4 is 35.9 Å². The van der Waals surface area contributed by atoms with Gasteiger partial charge in [0.25, 0.3) is 0 Å². The molecule has 0 unspecified atom stereocenters. The Balaban J connectivity index is 1.26. The molecule has 0 aromatic heterocycles. The molecule has 0 aromatic rings. The van der Waals surface area contributed by atoms with Gasteiger partial charge in [-0.05, 0) is 126 Å². The van der Waals surface area contributed by atoms with Crippen molar-refractivity contribution < 1.29 is 57.2 Å². The Morgan fingerprint density at radius 3 is 1.25 bits per heavy atom. The number of likely N-dealkylation sites (tertiary alicyclic amines) is 1. The molecule has 72 heavy (non-hydrogen) atoms. The lowest BCUT2D eigenvalue weighted by Crippen LogP contribution is -2.48. The van der Waals surface area contributed by atoms with Crippen LogP contribution in [-0.2, 0) is 52.4 Å². The summed E-state index contributed by atoms with van der Waals surface area (Å²) in [6, 6.07) is 0. The van der Waals surface area contributed by atoms with Crippen LogP contribution in [0.3, 0.4) is 0 Å². The summed E-state index contributed by atoms with van der Waals surface area (Å²) in [7, 11) is 0. The number of unbranched alkanes of at least 4 members (excludes halogenated alkanes) is 18. The maximum atomic E-state index is 13.8. The Morgan fingerprint density at radius 2 is 0.819 bits per heavy atom. The quantitative estimate of drug-likeness (QED) is 0.0348. The van der Waals surface area contributed by atoms with Gasteiger partial charge in [0, 0.05) is 38.8 Å². The molecule has 4 bridgehead atoms. The molecule has 4 aliphatic carbocycles. The van der Waals surface area contributed by atoms with Crippen LogP contribution in [0.2, 0.25) is 0 Å². The first-order chi connectivity index (χ1) is 35.0. The number of amides is 1. The van der Waals surface area contributed by atoms with Crippen LogP contribution in [0, 0.1) is 28.6 Å². The number of nitrogens with one attached hydrogen (secondary N) is 1. The van der Waals surface area contributed by atoms with Crippen molar-refractivity contribution in [2.45, 2.75) is 239 Å². The smallest absolute Gasteiger partial charge is 0.407 e. The van der Waals surface area contributed by atoms with E-state index < -0.39 is 23.4 Å². The van der Waals surface area contributed by atoms with Gasteiger partial charge in [-0.1, -0.05) is 117 Å². The number of esters is 5. The van der Waals surface area contributed by atoms with Crippen LogP contribution in [0.1, 0.15) is 239 Å². The Morgan fingerprint density at radius 1 is 0.458 bits per heavy atom. The van der Waals surface area contributed by atoms with Crippen molar-refractivity contribution in [2.75, 3.05) is 65.8 Å². The molecule has 1 aliphatic heterocycles. The summed E-state index contributed by atoms with van der Waals surface area (Å²) in [6.07, 6.45) is 31.6. The van der Waals surface area contributed by atoms with E-state index in [2.05, 4.69) is 24.1 Å². The fourth-order valence-electron chi connectivity index (χ4n) is 12.0. The zero-order valence-corrected chi connectivity index (χ0v) is 45.4. The first-order valence-electron chi connectivity index (χ1n) is 29.4. The molecule has 0 radical (unpaired) electrons. The van der Waals surface area contributed by atoms with Crippen LogP contribution in [-0.4, -0.2) is 107 Å². The Bertz CT molecular complexity index is 1450. The summed E-state index contributed by atoms with van der Waals surface area (Å²) in [4.78, 5) is 80.3. The van der Waals surface area contributed by atoms with E-state index in [1.165, 1.54) is 83.5 Å². The van der Waals surface area contributed by atoms with Crippen LogP contribution < -0.4 is 5.32 Å². The Kier molecular flexibility index (Phi) is 31.0. The second-order valence-corrected chi connectivity index (χ2v) is 22.6. The fraction of sp³-hybridized carbons (Fsp3) is 0.897. The molecule has 0 aromatic carbocycles. The standard InChI is InChI=1S/C58H100N2O12/c1-3-5-7-9-11-17-25-35-67-51(61)27-19-13-15-21-29-53(63)69-44-58(47-72-56(66)59-31-34-60-32-23-24-33-60,46-71-55(65)43-57-40-48-37-49(41-57)39-50(38-48)42-57)45-70-54(64)30-22-16-14-20-28-52(62)68-36-26-18-12-10-8-6-4-2/h48-50H,3-47H2,1-2H3,(H,59,66). The zero-order valence-electron chi connectivity index (χ0n) is 45.4. The number of hydrogen-bond donors (Lipinski definition) is 1. The Hall–Kier alpha value is -3.42. The van der Waals surface area contributed by atoms with Gasteiger partial charge < -0.3 is 38.6 Å². The average Bonchev–Trinajstić information content (AvgIpc) is 3.88. The van der Waals surface area contributed by atoms with Gasteiger partial charge in [0.15, 0.2) is 0 Å². The number of hydrogen-bond acceptors (Lipinski definition) is 13. The molecule has 1 amide bonds. The van der Waals surface area contributed by atoms with Crippen molar-refractivity contribution in [3.05, 3.63) is 0 Å². The van der Waals surface area contributed by atoms with E-state index >= 15 is 0 Å². The van der Waals surface area contributed by atoms with E-state index in [4.69, 9.17) is 28.4 Å². The highest BCUT2D eigenvalue weighted by molar-refractivity contribution is 5.72. The molecular weight excluding hydrogens is 917 g/mol. The summed E-state index contributed by atoms with van der Waals surface area (Å²) in [6.45, 7) is 7.29. The predicted octanol–water partition coefficient (Wildman–Crippen LogP) is 12.3. The second kappa shape index (κ2) is 36.5. The first-order valence-corrected chi connectivity index (χ1v) is 29.4. The van der Waals surface area contributed by atoms with Crippen LogP contribution in [0.4, 0.5) is 4.79 Å². The van der Waals surface area contributed by atoms with Gasteiger partial charge in [-0.3, -0.25) is 24.0 Å². The molecular formula is C58H100N2O12. The van der Waals surface area contributed by atoms with E-state index in [0.717, 1.165) is 96.6 Å². The van der Waals surface area contributed by atoms with Gasteiger partial charge >= 0.3 is 35.9 Å². The summed E-state index contributed by atoms with van der Waals surface area (Å²) >= 11 is 0. The fourth-order valence-corrected chi connectivity index (χ4v) is 12.0. The highest BCUT2D eigenvalue weighted by Gasteiger charge is 2.52. The third-order valence-electron chi connectivity index (χ3n) is 15.8. The van der Waals surface area contributed by atoms with E-state index in [1.807, 2.05) is 0 Å². The van der Waals surface area contributed by atoms with Crippen molar-refractivity contribution in [3.8, 4) is 0 Å². The van der Waals surface area contributed by atoms with Crippen molar-refractivity contribution in [2.24, 2.45) is 28.6 Å². The summed E-state index contributed by atoms with van der Waals surface area (Å²) in [5.41, 5.74) is -1.40. The van der Waals surface area contributed by atoms with Crippen molar-refractivity contribution in [1.82, 2.24) is 10.2 Å². The number of nitrogens with zero attached hydrogens (tertiary/aromatic N) is 1. The number of alkyl carbamates (subject to hydrolysis) is 1. The minimum absolute atomic E-state index is 0.0553. The monoisotopic (exact) mass is 1020 g/mol. The number of ether oxygens (including phenoxy) is 6. The first kappa shape index (κ1) is 61.1. The van der Waals surface area contributed by atoms with Gasteiger partial charge in [-0.15, -0.1) is 0 Å². The van der Waals surface area contributed by atoms with Crippen molar-refractivity contribution in [3.63, 3.8) is 0 Å². The SMILES string of the molecule is CCCCCCCCCOC(=O)CCCCCCC(=O)OCC(COC(=O)CCCCCCC(=O)OCCCCCCCCC)(COC(=O)CC12CC3CC(CC(C3)C1)C2)COC(=O)NCCN1CCCC1. The summed E-state index contributed by atoms with van der Waals surface area (Å²) in [5.74, 6) is 0.387. The number of carbonyl (C=O) groups is 6. The van der Waals surface area contributed by atoms with E-state index in [0.29, 0.717) is 89.0 Å². The van der Waals surface area contributed by atoms with Crippen LogP contribution in [0.5, 0.6) is 0 Å². The highest BCUT2D eigenvalue weighted by atomic mass is 16.6. The summed E-state index contributed by atoms with van der Waals surface area (Å²) in [5, 5.41) is 2.83. The zero-order chi connectivity index (χ0) is 51.5. The van der Waals surface area contributed by atoms with Crippen LogP contribution >= 0.6 is 0 Å². The topological polar surface area (TPSA) is 173 Å². The maximum absolute atomic E-state index is 13.8. The maximum Gasteiger partial charge on any atom is 0.407 e. The lowest BCUT2D eigenvalue weighted by Gasteiger charge is -2.56. The molecule has 1 N–H and O–H groups in total. The third-order valence-corrected chi connectivity index (χ3v) is 15.8. The lowest BCUT2D eigenvalue weighted by atomic mass is 9.49. The van der Waals surface area contributed by atoms with E-state index in [1.54, 1.807) is 0 Å². The van der Waals surface area contributed by atoms with Gasteiger partial charge in [-0.25, -0.2) is 4.79 Å². The molecule has 4 saturated carbocycles. The molecule has 414 valence electrons. The molecule has 14 nitrogen and oxygen atoms in total. The molecule has 0 atom stereocenters. The minimum Gasteiger partial charge on any atom is -0.466 e. The van der Waals surface area contributed by atoms with Gasteiger partial charge in [0.05, 0.1) is 19.6 Å². The van der Waals surface area contributed by atoms with E-state index in [9.17, 15) is 28.8 Å².